The van der Waals surface area contributed by atoms with Crippen molar-refractivity contribution in [3.05, 3.63) is 29.3 Å². The summed E-state index contributed by atoms with van der Waals surface area (Å²) in [5.41, 5.74) is 2.96. The molecule has 3 aliphatic carbocycles. The van der Waals surface area contributed by atoms with E-state index in [1.54, 1.807) is 0 Å². The number of benzene rings is 1. The summed E-state index contributed by atoms with van der Waals surface area (Å²) in [6.45, 7) is 4.59. The number of hydrogen-bond acceptors (Lipinski definition) is 3. The number of unbranched alkanes of at least 4 members (excludes halogenated alkanes) is 3. The first-order valence-corrected chi connectivity index (χ1v) is 11.5. The second kappa shape index (κ2) is 8.08. The molecule has 0 aromatic heterocycles. The zero-order chi connectivity index (χ0) is 19.7. The SMILES string of the molecule is CCCCCCC(=O)O[C@H]1CC[C@H]2[C@H]3CCc4cc(O)ccc4[C@@H]3CC[C@]12C. The zero-order valence-electron chi connectivity index (χ0n) is 17.6. The van der Waals surface area contributed by atoms with Crippen molar-refractivity contribution in [1.82, 2.24) is 0 Å². The maximum Gasteiger partial charge on any atom is 0.306 e. The summed E-state index contributed by atoms with van der Waals surface area (Å²) in [7, 11) is 0. The van der Waals surface area contributed by atoms with Crippen LogP contribution in [0.3, 0.4) is 0 Å². The molecule has 1 N–H and O–H groups in total. The highest BCUT2D eigenvalue weighted by Crippen LogP contribution is 2.61. The Kier molecular flexibility index (Phi) is 5.71. The van der Waals surface area contributed by atoms with Gasteiger partial charge in [0.2, 0.25) is 0 Å². The van der Waals surface area contributed by atoms with Gasteiger partial charge in [-0.15, -0.1) is 0 Å². The molecule has 3 nitrogen and oxygen atoms in total. The summed E-state index contributed by atoms with van der Waals surface area (Å²) < 4.78 is 6.06. The average Bonchev–Trinajstić information content (AvgIpc) is 3.01. The molecule has 1 aromatic rings. The molecule has 2 saturated carbocycles. The van der Waals surface area contributed by atoms with E-state index in [1.807, 2.05) is 12.1 Å². The first kappa shape index (κ1) is 19.8. The molecule has 154 valence electrons. The maximum atomic E-state index is 12.4. The van der Waals surface area contributed by atoms with Crippen LogP contribution in [0.25, 0.3) is 0 Å². The number of rotatable bonds is 6. The van der Waals surface area contributed by atoms with Crippen LogP contribution in [0.4, 0.5) is 0 Å². The minimum absolute atomic E-state index is 0.0227. The molecule has 0 saturated heterocycles. The van der Waals surface area contributed by atoms with Gasteiger partial charge in [-0.05, 0) is 86.0 Å². The van der Waals surface area contributed by atoms with E-state index in [4.69, 9.17) is 4.74 Å². The number of esters is 1. The molecule has 0 aliphatic heterocycles. The van der Waals surface area contributed by atoms with Gasteiger partial charge in [-0.2, -0.15) is 0 Å². The number of carbonyl (C=O) groups is 1. The zero-order valence-corrected chi connectivity index (χ0v) is 17.6. The number of carbonyl (C=O) groups excluding carboxylic acids is 1. The first-order valence-electron chi connectivity index (χ1n) is 11.5. The van der Waals surface area contributed by atoms with E-state index in [2.05, 4.69) is 19.9 Å². The molecular formula is C25H36O3. The standard InChI is InChI=1S/C25H36O3/c1-3-4-5-6-7-24(27)28-23-13-12-22-21-10-8-17-16-18(26)9-11-19(17)20(21)14-15-25(22,23)2/h9,11,16,20-23,26H,3-8,10,12-15H2,1-2H3/t20-,21-,22-,23-,25-/m0/s1. The van der Waals surface area contributed by atoms with Crippen molar-refractivity contribution in [2.45, 2.75) is 96.5 Å². The third-order valence-corrected chi connectivity index (χ3v) is 8.13. The molecule has 3 aliphatic rings. The van der Waals surface area contributed by atoms with E-state index in [0.717, 1.165) is 32.1 Å². The predicted molar refractivity (Wildman–Crippen MR) is 111 cm³/mol. The van der Waals surface area contributed by atoms with Crippen LogP contribution in [0.15, 0.2) is 18.2 Å². The summed E-state index contributed by atoms with van der Waals surface area (Å²) in [6, 6.07) is 5.98. The first-order chi connectivity index (χ1) is 13.5. The Hall–Kier alpha value is -1.51. The number of ether oxygens (including phenoxy) is 1. The molecule has 3 heteroatoms. The normalized spacial score (nSPS) is 33.6. The Morgan fingerprint density at radius 3 is 2.86 bits per heavy atom. The predicted octanol–water partition coefficient (Wildman–Crippen LogP) is 6.13. The molecule has 0 bridgehead atoms. The highest BCUT2D eigenvalue weighted by Gasteiger charge is 2.56. The van der Waals surface area contributed by atoms with E-state index >= 15 is 0 Å². The lowest BCUT2D eigenvalue weighted by Gasteiger charge is -2.50. The lowest BCUT2D eigenvalue weighted by molar-refractivity contribution is -0.157. The van der Waals surface area contributed by atoms with Crippen molar-refractivity contribution in [1.29, 1.82) is 0 Å². The molecule has 0 radical (unpaired) electrons. The van der Waals surface area contributed by atoms with Crippen LogP contribution >= 0.6 is 0 Å². The van der Waals surface area contributed by atoms with E-state index < -0.39 is 0 Å². The molecule has 1 aromatic carbocycles. The van der Waals surface area contributed by atoms with Gasteiger partial charge in [0.25, 0.3) is 0 Å². The number of aryl methyl sites for hydroxylation is 1. The number of fused-ring (bicyclic) bond motifs is 5. The third kappa shape index (κ3) is 3.57. The lowest BCUT2D eigenvalue weighted by Crippen LogP contribution is -2.45. The highest BCUT2D eigenvalue weighted by atomic mass is 16.5. The van der Waals surface area contributed by atoms with Gasteiger partial charge in [0.15, 0.2) is 0 Å². The van der Waals surface area contributed by atoms with Crippen molar-refractivity contribution < 1.29 is 14.6 Å². The van der Waals surface area contributed by atoms with Gasteiger partial charge in [-0.3, -0.25) is 4.79 Å². The minimum atomic E-state index is 0.0227. The summed E-state index contributed by atoms with van der Waals surface area (Å²) >= 11 is 0. The number of phenolic OH excluding ortho intramolecular Hbond substituents is 1. The van der Waals surface area contributed by atoms with Crippen LogP contribution in [-0.4, -0.2) is 17.2 Å². The topological polar surface area (TPSA) is 46.5 Å². The van der Waals surface area contributed by atoms with Gasteiger partial charge in [0.1, 0.15) is 11.9 Å². The Morgan fingerprint density at radius 1 is 1.18 bits per heavy atom. The quantitative estimate of drug-likeness (QED) is 0.474. The fraction of sp³-hybridized carbons (Fsp3) is 0.720. The molecule has 0 heterocycles. The van der Waals surface area contributed by atoms with Crippen LogP contribution in [0.2, 0.25) is 0 Å². The molecule has 0 unspecified atom stereocenters. The lowest BCUT2D eigenvalue weighted by atomic mass is 9.55. The number of aromatic hydroxyl groups is 1. The molecule has 5 atom stereocenters. The van der Waals surface area contributed by atoms with E-state index in [9.17, 15) is 9.90 Å². The van der Waals surface area contributed by atoms with Crippen LogP contribution in [-0.2, 0) is 16.0 Å². The third-order valence-electron chi connectivity index (χ3n) is 8.13. The molecular weight excluding hydrogens is 348 g/mol. The van der Waals surface area contributed by atoms with Crippen LogP contribution in [0.5, 0.6) is 5.75 Å². The monoisotopic (exact) mass is 384 g/mol. The van der Waals surface area contributed by atoms with Crippen LogP contribution in [0, 0.1) is 17.3 Å². The summed E-state index contributed by atoms with van der Waals surface area (Å²) in [5, 5.41) is 9.84. The van der Waals surface area contributed by atoms with E-state index in [-0.39, 0.29) is 17.5 Å². The molecule has 0 spiro atoms. The second-order valence-corrected chi connectivity index (χ2v) is 9.71. The second-order valence-electron chi connectivity index (χ2n) is 9.71. The number of hydrogen-bond donors (Lipinski definition) is 1. The molecule has 0 amide bonds. The van der Waals surface area contributed by atoms with Crippen molar-refractivity contribution in [3.63, 3.8) is 0 Å². The van der Waals surface area contributed by atoms with E-state index in [1.165, 1.54) is 43.2 Å². The van der Waals surface area contributed by atoms with Crippen molar-refractivity contribution >= 4 is 5.97 Å². The van der Waals surface area contributed by atoms with Crippen molar-refractivity contribution in [2.75, 3.05) is 0 Å². The Morgan fingerprint density at radius 2 is 2.04 bits per heavy atom. The van der Waals surface area contributed by atoms with Crippen LogP contribution in [0.1, 0.15) is 95.1 Å². The summed E-state index contributed by atoms with van der Waals surface area (Å²) in [4.78, 5) is 12.4. The highest BCUT2D eigenvalue weighted by molar-refractivity contribution is 5.69. The minimum Gasteiger partial charge on any atom is -0.508 e. The smallest absolute Gasteiger partial charge is 0.306 e. The maximum absolute atomic E-state index is 12.4. The Labute approximate surface area is 169 Å². The van der Waals surface area contributed by atoms with Gasteiger partial charge >= 0.3 is 5.97 Å². The van der Waals surface area contributed by atoms with Gasteiger partial charge in [-0.25, -0.2) is 0 Å². The fourth-order valence-corrected chi connectivity index (χ4v) is 6.63. The Balaban J connectivity index is 1.42. The van der Waals surface area contributed by atoms with Crippen molar-refractivity contribution in [3.8, 4) is 5.75 Å². The van der Waals surface area contributed by atoms with Crippen molar-refractivity contribution in [2.24, 2.45) is 17.3 Å². The summed E-state index contributed by atoms with van der Waals surface area (Å²) in [6.07, 6.45) is 12.0. The van der Waals surface area contributed by atoms with E-state index in [0.29, 0.717) is 29.9 Å². The Bertz CT molecular complexity index is 712. The van der Waals surface area contributed by atoms with Gasteiger partial charge in [0, 0.05) is 11.8 Å². The van der Waals surface area contributed by atoms with Crippen LogP contribution < -0.4 is 0 Å². The molecule has 2 fully saturated rings. The average molecular weight is 385 g/mol. The molecule has 4 rings (SSSR count). The molecule has 28 heavy (non-hydrogen) atoms. The number of phenols is 1. The largest absolute Gasteiger partial charge is 0.508 e. The van der Waals surface area contributed by atoms with Gasteiger partial charge < -0.3 is 9.84 Å². The fourth-order valence-electron chi connectivity index (χ4n) is 6.63. The van der Waals surface area contributed by atoms with Gasteiger partial charge in [0.05, 0.1) is 0 Å². The van der Waals surface area contributed by atoms with Gasteiger partial charge in [-0.1, -0.05) is 39.2 Å². The summed E-state index contributed by atoms with van der Waals surface area (Å²) in [5.74, 6) is 2.39.